The standard InChI is InChI=1S/C20H24FN5O2S/c1-14-13-22-24(2)18(14)19(27)26(7-3-6-25-8-10-28-11-9-25)20-23-16-5-4-15(21)12-17(16)29-20/h4-5,12-13H,3,6-11H2,1-2H3. The van der Waals surface area contributed by atoms with Crippen LogP contribution in [0.4, 0.5) is 9.52 Å². The molecule has 0 aliphatic carbocycles. The Labute approximate surface area is 172 Å². The fraction of sp³-hybridized carbons (Fsp3) is 0.450. The highest BCUT2D eigenvalue weighted by Gasteiger charge is 2.25. The number of amides is 1. The molecule has 9 heteroatoms. The third-order valence-corrected chi connectivity index (χ3v) is 6.14. The first kappa shape index (κ1) is 19.9. The van der Waals surface area contributed by atoms with E-state index in [2.05, 4.69) is 15.0 Å². The van der Waals surface area contributed by atoms with Crippen LogP contribution in [0.25, 0.3) is 10.2 Å². The topological polar surface area (TPSA) is 63.5 Å². The molecule has 0 radical (unpaired) electrons. The predicted octanol–water partition coefficient (Wildman–Crippen LogP) is 2.85. The minimum Gasteiger partial charge on any atom is -0.379 e. The number of anilines is 1. The summed E-state index contributed by atoms with van der Waals surface area (Å²) in [6.45, 7) is 6.62. The number of carbonyl (C=O) groups excluding carboxylic acids is 1. The zero-order valence-electron chi connectivity index (χ0n) is 16.6. The Morgan fingerprint density at radius 1 is 1.34 bits per heavy atom. The summed E-state index contributed by atoms with van der Waals surface area (Å²) in [5.74, 6) is -0.440. The summed E-state index contributed by atoms with van der Waals surface area (Å²) in [6.07, 6.45) is 2.50. The molecular weight excluding hydrogens is 393 g/mol. The van der Waals surface area contributed by atoms with E-state index >= 15 is 0 Å². The number of rotatable bonds is 6. The summed E-state index contributed by atoms with van der Waals surface area (Å²) in [5, 5.41) is 4.78. The number of aromatic nitrogens is 3. The maximum Gasteiger partial charge on any atom is 0.278 e. The third-order valence-electron chi connectivity index (χ3n) is 5.10. The van der Waals surface area contributed by atoms with E-state index in [-0.39, 0.29) is 11.7 Å². The van der Waals surface area contributed by atoms with Crippen molar-refractivity contribution in [3.63, 3.8) is 0 Å². The van der Waals surface area contributed by atoms with E-state index in [0.717, 1.165) is 49.5 Å². The molecule has 1 amide bonds. The molecule has 4 rings (SSSR count). The van der Waals surface area contributed by atoms with Gasteiger partial charge in [-0.15, -0.1) is 0 Å². The fourth-order valence-electron chi connectivity index (χ4n) is 3.55. The quantitative estimate of drug-likeness (QED) is 0.617. The van der Waals surface area contributed by atoms with E-state index in [4.69, 9.17) is 4.74 Å². The van der Waals surface area contributed by atoms with Crippen molar-refractivity contribution < 1.29 is 13.9 Å². The molecule has 1 fully saturated rings. The highest BCUT2D eigenvalue weighted by atomic mass is 32.1. The molecule has 1 aliphatic rings. The Morgan fingerprint density at radius 3 is 2.86 bits per heavy atom. The summed E-state index contributed by atoms with van der Waals surface area (Å²) < 4.78 is 21.3. The average Bonchev–Trinajstić information content (AvgIpc) is 3.27. The number of hydrogen-bond acceptors (Lipinski definition) is 6. The van der Waals surface area contributed by atoms with Gasteiger partial charge in [-0.3, -0.25) is 19.3 Å². The lowest BCUT2D eigenvalue weighted by Crippen LogP contribution is -2.39. The van der Waals surface area contributed by atoms with Crippen LogP contribution in [0.15, 0.2) is 24.4 Å². The minimum atomic E-state index is -0.305. The van der Waals surface area contributed by atoms with Gasteiger partial charge in [-0.25, -0.2) is 9.37 Å². The van der Waals surface area contributed by atoms with Crippen LogP contribution < -0.4 is 4.90 Å². The fourth-order valence-corrected chi connectivity index (χ4v) is 4.56. The van der Waals surface area contributed by atoms with Gasteiger partial charge in [0, 0.05) is 33.2 Å². The molecule has 1 aliphatic heterocycles. The zero-order valence-corrected chi connectivity index (χ0v) is 17.4. The second kappa shape index (κ2) is 8.56. The predicted molar refractivity (Wildman–Crippen MR) is 111 cm³/mol. The summed E-state index contributed by atoms with van der Waals surface area (Å²) in [5.41, 5.74) is 2.06. The van der Waals surface area contributed by atoms with Crippen molar-refractivity contribution in [3.8, 4) is 0 Å². The van der Waals surface area contributed by atoms with Crippen LogP contribution >= 0.6 is 11.3 Å². The smallest absolute Gasteiger partial charge is 0.278 e. The highest BCUT2D eigenvalue weighted by Crippen LogP contribution is 2.30. The van der Waals surface area contributed by atoms with E-state index in [9.17, 15) is 9.18 Å². The van der Waals surface area contributed by atoms with Crippen molar-refractivity contribution in [2.24, 2.45) is 7.05 Å². The van der Waals surface area contributed by atoms with Gasteiger partial charge in [0.15, 0.2) is 5.13 Å². The molecule has 0 atom stereocenters. The van der Waals surface area contributed by atoms with Crippen molar-refractivity contribution in [1.82, 2.24) is 19.7 Å². The van der Waals surface area contributed by atoms with Crippen molar-refractivity contribution in [2.75, 3.05) is 44.3 Å². The Morgan fingerprint density at radius 2 is 2.14 bits per heavy atom. The second-order valence-corrected chi connectivity index (χ2v) is 8.18. The minimum absolute atomic E-state index is 0.135. The number of carbonyl (C=O) groups is 1. The van der Waals surface area contributed by atoms with Gasteiger partial charge in [-0.1, -0.05) is 11.3 Å². The number of nitrogens with zero attached hydrogens (tertiary/aromatic N) is 5. The molecule has 2 aromatic heterocycles. The molecular formula is C20H24FN5O2S. The highest BCUT2D eigenvalue weighted by molar-refractivity contribution is 7.22. The lowest BCUT2D eigenvalue weighted by molar-refractivity contribution is 0.0376. The monoisotopic (exact) mass is 417 g/mol. The Balaban J connectivity index is 1.59. The second-order valence-electron chi connectivity index (χ2n) is 7.17. The van der Waals surface area contributed by atoms with Gasteiger partial charge in [0.2, 0.25) is 0 Å². The lowest BCUT2D eigenvalue weighted by Gasteiger charge is -2.27. The van der Waals surface area contributed by atoms with Crippen LogP contribution in [-0.2, 0) is 11.8 Å². The number of benzene rings is 1. The third kappa shape index (κ3) is 4.31. The van der Waals surface area contributed by atoms with E-state index in [1.165, 1.54) is 23.5 Å². The molecule has 29 heavy (non-hydrogen) atoms. The molecule has 1 saturated heterocycles. The van der Waals surface area contributed by atoms with Crippen molar-refractivity contribution in [2.45, 2.75) is 13.3 Å². The summed E-state index contributed by atoms with van der Waals surface area (Å²) in [7, 11) is 1.76. The molecule has 7 nitrogen and oxygen atoms in total. The SMILES string of the molecule is Cc1cnn(C)c1C(=O)N(CCCN1CCOCC1)c1nc2ccc(F)cc2s1. The van der Waals surface area contributed by atoms with Gasteiger partial charge in [-0.2, -0.15) is 5.10 Å². The molecule has 0 N–H and O–H groups in total. The number of ether oxygens (including phenoxy) is 1. The van der Waals surface area contributed by atoms with Gasteiger partial charge >= 0.3 is 0 Å². The molecule has 0 unspecified atom stereocenters. The first-order valence-electron chi connectivity index (χ1n) is 9.69. The number of halogens is 1. The number of fused-ring (bicyclic) bond motifs is 1. The molecule has 3 aromatic rings. The van der Waals surface area contributed by atoms with Gasteiger partial charge in [0.05, 0.1) is 29.6 Å². The van der Waals surface area contributed by atoms with E-state index < -0.39 is 0 Å². The zero-order chi connectivity index (χ0) is 20.4. The Kier molecular flexibility index (Phi) is 5.89. The maximum absolute atomic E-state index is 13.6. The lowest BCUT2D eigenvalue weighted by atomic mass is 10.2. The van der Waals surface area contributed by atoms with Crippen LogP contribution in [-0.4, -0.2) is 65.0 Å². The Bertz CT molecular complexity index is 992. The molecule has 3 heterocycles. The van der Waals surface area contributed by atoms with Gasteiger partial charge < -0.3 is 4.74 Å². The molecule has 154 valence electrons. The van der Waals surface area contributed by atoms with E-state index in [1.54, 1.807) is 28.9 Å². The molecule has 1 aromatic carbocycles. The normalized spacial score (nSPS) is 15.1. The number of hydrogen-bond donors (Lipinski definition) is 0. The van der Waals surface area contributed by atoms with E-state index in [0.29, 0.717) is 22.9 Å². The first-order valence-corrected chi connectivity index (χ1v) is 10.5. The van der Waals surface area contributed by atoms with Crippen LogP contribution in [0.5, 0.6) is 0 Å². The van der Waals surface area contributed by atoms with Gasteiger partial charge in [0.1, 0.15) is 11.5 Å². The number of thiazole rings is 1. The summed E-state index contributed by atoms with van der Waals surface area (Å²) in [6, 6.07) is 4.50. The summed E-state index contributed by atoms with van der Waals surface area (Å²) in [4.78, 5) is 22.0. The van der Waals surface area contributed by atoms with Crippen LogP contribution in [0, 0.1) is 12.7 Å². The van der Waals surface area contributed by atoms with Gasteiger partial charge in [0.25, 0.3) is 5.91 Å². The largest absolute Gasteiger partial charge is 0.379 e. The maximum atomic E-state index is 13.6. The summed E-state index contributed by atoms with van der Waals surface area (Å²) >= 11 is 1.33. The number of aryl methyl sites for hydroxylation is 2. The van der Waals surface area contributed by atoms with Gasteiger partial charge in [-0.05, 0) is 37.1 Å². The van der Waals surface area contributed by atoms with Crippen molar-refractivity contribution in [1.29, 1.82) is 0 Å². The van der Waals surface area contributed by atoms with E-state index in [1.807, 2.05) is 6.92 Å². The van der Waals surface area contributed by atoms with Crippen LogP contribution in [0.1, 0.15) is 22.5 Å². The Hall–Kier alpha value is -2.36. The molecule has 0 saturated carbocycles. The number of morpholine rings is 1. The average molecular weight is 418 g/mol. The van der Waals surface area contributed by atoms with Crippen molar-refractivity contribution >= 4 is 32.6 Å². The van der Waals surface area contributed by atoms with Crippen LogP contribution in [0.2, 0.25) is 0 Å². The first-order chi connectivity index (χ1) is 14.0. The van der Waals surface area contributed by atoms with Crippen LogP contribution in [0.3, 0.4) is 0 Å². The van der Waals surface area contributed by atoms with Crippen molar-refractivity contribution in [3.05, 3.63) is 41.5 Å². The molecule has 0 spiro atoms. The molecule has 0 bridgehead atoms.